The van der Waals surface area contributed by atoms with E-state index in [4.69, 9.17) is 27.7 Å². The molecule has 0 saturated carbocycles. The lowest BCUT2D eigenvalue weighted by Crippen LogP contribution is -2.39. The first-order valence-corrected chi connectivity index (χ1v) is 8.01. The van der Waals surface area contributed by atoms with Gasteiger partial charge in [-0.05, 0) is 30.8 Å². The Kier molecular flexibility index (Phi) is 10.4. The molecule has 0 aliphatic heterocycles. The van der Waals surface area contributed by atoms with Crippen molar-refractivity contribution in [3.63, 3.8) is 0 Å². The van der Waals surface area contributed by atoms with Crippen LogP contribution in [-0.2, 0) is 4.79 Å². The Morgan fingerprint density at radius 3 is 2.62 bits per heavy atom. The number of aliphatic carboxylic acids is 1. The number of hydrogen-bond acceptors (Lipinski definition) is 5. The van der Waals surface area contributed by atoms with Gasteiger partial charge >= 0.3 is 5.97 Å². The molecule has 0 aliphatic carbocycles. The first-order chi connectivity index (χ1) is 9.88. The van der Waals surface area contributed by atoms with Gasteiger partial charge in [0.2, 0.25) is 0 Å². The summed E-state index contributed by atoms with van der Waals surface area (Å²) in [6.07, 6.45) is 1.65. The highest BCUT2D eigenvalue weighted by atomic mass is 32.2. The average molecular weight is 318 g/mol. The predicted molar refractivity (Wildman–Crippen MR) is 87.8 cm³/mol. The van der Waals surface area contributed by atoms with Gasteiger partial charge in [-0.1, -0.05) is 6.92 Å². The van der Waals surface area contributed by atoms with Gasteiger partial charge in [-0.3, -0.25) is 10.4 Å². The zero-order chi connectivity index (χ0) is 16.3. The maximum Gasteiger partial charge on any atom is 0.328 e. The summed E-state index contributed by atoms with van der Waals surface area (Å²) in [5.41, 5.74) is 16.8. The average Bonchev–Trinajstić information content (AvgIpc) is 2.41. The van der Waals surface area contributed by atoms with Crippen molar-refractivity contribution in [1.82, 2.24) is 5.32 Å². The largest absolute Gasteiger partial charge is 0.480 e. The van der Waals surface area contributed by atoms with Gasteiger partial charge in [0.1, 0.15) is 11.9 Å². The van der Waals surface area contributed by atoms with E-state index in [1.165, 1.54) is 0 Å². The summed E-state index contributed by atoms with van der Waals surface area (Å²) < 4.78 is 0. The fourth-order valence-corrected chi connectivity index (χ4v) is 2.23. The molecule has 2 atom stereocenters. The smallest absolute Gasteiger partial charge is 0.328 e. The maximum atomic E-state index is 11.1. The van der Waals surface area contributed by atoms with Crippen LogP contribution >= 0.6 is 11.8 Å². The molecule has 0 rings (SSSR count). The molecule has 0 fully saturated rings. The van der Waals surface area contributed by atoms with E-state index in [1.54, 1.807) is 11.8 Å². The Labute approximate surface area is 129 Å². The second kappa shape index (κ2) is 11.2. The molecule has 122 valence electrons. The molecule has 0 spiro atoms. The first kappa shape index (κ1) is 19.5. The highest BCUT2D eigenvalue weighted by Crippen LogP contribution is 2.08. The van der Waals surface area contributed by atoms with Crippen LogP contribution in [0.15, 0.2) is 4.99 Å². The van der Waals surface area contributed by atoms with Gasteiger partial charge in [0.25, 0.3) is 0 Å². The van der Waals surface area contributed by atoms with Gasteiger partial charge in [-0.15, -0.1) is 0 Å². The summed E-state index contributed by atoms with van der Waals surface area (Å²) in [6.45, 7) is 2.54. The number of carbonyl (C=O) groups is 1. The van der Waals surface area contributed by atoms with E-state index in [1.807, 2.05) is 6.92 Å². The Hall–Kier alpha value is -1.48. The summed E-state index contributed by atoms with van der Waals surface area (Å²) in [5, 5.41) is 18.8. The van der Waals surface area contributed by atoms with Crippen molar-refractivity contribution in [1.29, 1.82) is 5.41 Å². The van der Waals surface area contributed by atoms with Crippen LogP contribution < -0.4 is 22.5 Å². The summed E-state index contributed by atoms with van der Waals surface area (Å²) in [4.78, 5) is 15.2. The quantitative estimate of drug-likeness (QED) is 0.170. The maximum absolute atomic E-state index is 11.1. The number of rotatable bonds is 11. The highest BCUT2D eigenvalue weighted by Gasteiger charge is 2.18. The lowest BCUT2D eigenvalue weighted by atomic mass is 10.1. The molecule has 0 bridgehead atoms. The summed E-state index contributed by atoms with van der Waals surface area (Å²) in [5.74, 6) is 0.743. The van der Waals surface area contributed by atoms with Crippen molar-refractivity contribution >= 4 is 29.5 Å². The van der Waals surface area contributed by atoms with E-state index in [9.17, 15) is 4.79 Å². The number of guanidine groups is 1. The molecule has 8 nitrogen and oxygen atoms in total. The van der Waals surface area contributed by atoms with Crippen LogP contribution in [0.3, 0.4) is 0 Å². The molecule has 9 N–H and O–H groups in total. The van der Waals surface area contributed by atoms with E-state index in [0.717, 1.165) is 11.5 Å². The van der Waals surface area contributed by atoms with Gasteiger partial charge in [0.05, 0.1) is 6.04 Å². The van der Waals surface area contributed by atoms with Crippen molar-refractivity contribution in [2.24, 2.45) is 22.2 Å². The normalized spacial score (nSPS) is 14.5. The summed E-state index contributed by atoms with van der Waals surface area (Å²) in [7, 11) is 0. The fraction of sp³-hybridized carbons (Fsp3) is 0.750. The van der Waals surface area contributed by atoms with Crippen molar-refractivity contribution < 1.29 is 9.90 Å². The van der Waals surface area contributed by atoms with Gasteiger partial charge in [-0.2, -0.15) is 11.8 Å². The molecule has 0 saturated heterocycles. The second-order valence-electron chi connectivity index (χ2n) is 4.48. The van der Waals surface area contributed by atoms with E-state index < -0.39 is 18.1 Å². The molecule has 9 heteroatoms. The number of nitrogens with one attached hydrogen (secondary N) is 2. The zero-order valence-electron chi connectivity index (χ0n) is 12.3. The monoisotopic (exact) mass is 318 g/mol. The molecule has 2 unspecified atom stereocenters. The van der Waals surface area contributed by atoms with Crippen LogP contribution in [0.1, 0.15) is 26.2 Å². The molecule has 0 radical (unpaired) electrons. The second-order valence-corrected chi connectivity index (χ2v) is 5.88. The van der Waals surface area contributed by atoms with Crippen molar-refractivity contribution in [2.45, 2.75) is 38.3 Å². The Bertz CT molecular complexity index is 364. The Morgan fingerprint density at radius 2 is 2.10 bits per heavy atom. The van der Waals surface area contributed by atoms with Gasteiger partial charge in [-0.25, -0.2) is 4.79 Å². The van der Waals surface area contributed by atoms with E-state index in [2.05, 4.69) is 10.3 Å². The summed E-state index contributed by atoms with van der Waals surface area (Å²) in [6, 6.07) is -1.33. The third-order valence-electron chi connectivity index (χ3n) is 2.72. The van der Waals surface area contributed by atoms with Gasteiger partial charge in [0.15, 0.2) is 5.96 Å². The first-order valence-electron chi connectivity index (χ1n) is 6.85. The fourth-order valence-electron chi connectivity index (χ4n) is 1.55. The topological polar surface area (TPSA) is 164 Å². The van der Waals surface area contributed by atoms with Crippen LogP contribution in [0.2, 0.25) is 0 Å². The number of hydrogen-bond donors (Lipinski definition) is 6. The van der Waals surface area contributed by atoms with Gasteiger partial charge in [0, 0.05) is 6.54 Å². The van der Waals surface area contributed by atoms with E-state index in [0.29, 0.717) is 25.8 Å². The van der Waals surface area contributed by atoms with Crippen LogP contribution in [0.25, 0.3) is 0 Å². The molecular weight excluding hydrogens is 292 g/mol. The van der Waals surface area contributed by atoms with Crippen molar-refractivity contribution in [3.05, 3.63) is 0 Å². The van der Waals surface area contributed by atoms with Crippen LogP contribution in [0.5, 0.6) is 0 Å². The zero-order valence-corrected chi connectivity index (χ0v) is 13.2. The minimum Gasteiger partial charge on any atom is -0.480 e. The van der Waals surface area contributed by atoms with E-state index in [-0.39, 0.29) is 11.8 Å². The number of nitrogens with two attached hydrogens (primary N) is 3. The minimum absolute atomic E-state index is 0.0930. The van der Waals surface area contributed by atoms with E-state index >= 15 is 0 Å². The standard InChI is InChI=1S/C12H26N6O2S/c1-2-21-7-5-9(11(19)20)18-10(14)8(13)4-3-6-17-12(15)16/h8-9H,2-7,13H2,1H3,(H2,14,18)(H,19,20)(H4,15,16,17). The molecule has 0 amide bonds. The van der Waals surface area contributed by atoms with Crippen molar-refractivity contribution in [2.75, 3.05) is 18.1 Å². The Balaban J connectivity index is 4.30. The molecule has 0 aromatic carbocycles. The molecular formula is C12H26N6O2S. The summed E-state index contributed by atoms with van der Waals surface area (Å²) >= 11 is 1.66. The molecule has 0 heterocycles. The number of aliphatic imine (C=N–C) groups is 1. The van der Waals surface area contributed by atoms with Crippen LogP contribution in [-0.4, -0.2) is 53.0 Å². The number of carboxylic acid groups (broad SMARTS) is 1. The van der Waals surface area contributed by atoms with Crippen LogP contribution in [0.4, 0.5) is 0 Å². The van der Waals surface area contributed by atoms with Gasteiger partial charge < -0.3 is 27.6 Å². The van der Waals surface area contributed by atoms with Crippen molar-refractivity contribution in [3.8, 4) is 0 Å². The molecule has 21 heavy (non-hydrogen) atoms. The number of nitrogens with zero attached hydrogens (tertiary/aromatic N) is 1. The predicted octanol–water partition coefficient (Wildman–Crippen LogP) is -0.469. The third-order valence-corrected chi connectivity index (χ3v) is 3.65. The molecule has 0 aromatic heterocycles. The number of thioether (sulfide) groups is 1. The lowest BCUT2D eigenvalue weighted by molar-refractivity contribution is -0.138. The minimum atomic E-state index is -0.986. The third kappa shape index (κ3) is 9.97. The number of carboxylic acids is 1. The van der Waals surface area contributed by atoms with Crippen LogP contribution in [0, 0.1) is 5.41 Å². The SMILES string of the molecule is CCSCCC(N=C(N)C(N)CCCNC(=N)N)C(=O)O. The molecule has 0 aromatic rings. The lowest BCUT2D eigenvalue weighted by Gasteiger charge is -2.14. The number of amidine groups is 1. The Morgan fingerprint density at radius 1 is 1.43 bits per heavy atom. The molecule has 0 aliphatic rings. The highest BCUT2D eigenvalue weighted by molar-refractivity contribution is 7.99.